The predicted molar refractivity (Wildman–Crippen MR) is 73.8 cm³/mol. The first kappa shape index (κ1) is 14.5. The number of guanidine groups is 1. The molecular weight excluding hydrogens is 228 g/mol. The topological polar surface area (TPSA) is 44.9 Å². The van der Waals surface area contributed by atoms with Crippen LogP contribution in [-0.2, 0) is 19.4 Å². The molecule has 0 radical (unpaired) electrons. The first-order valence-corrected chi connectivity index (χ1v) is 6.36. The van der Waals surface area contributed by atoms with Crippen molar-refractivity contribution in [2.75, 3.05) is 28.2 Å². The minimum atomic E-state index is 0.627. The third-order valence-electron chi connectivity index (χ3n) is 2.79. The molecular formula is C13H24N4O. The molecule has 0 fully saturated rings. The lowest BCUT2D eigenvalue weighted by molar-refractivity contribution is 0.380. The molecule has 0 aliphatic carbocycles. The highest BCUT2D eigenvalue weighted by Crippen LogP contribution is 2.17. The van der Waals surface area contributed by atoms with Gasteiger partial charge in [-0.2, -0.15) is 0 Å². The molecule has 5 heteroatoms. The van der Waals surface area contributed by atoms with Crippen molar-refractivity contribution in [2.24, 2.45) is 4.99 Å². The first-order valence-electron chi connectivity index (χ1n) is 6.36. The van der Waals surface area contributed by atoms with Crippen LogP contribution < -0.4 is 0 Å². The van der Waals surface area contributed by atoms with E-state index in [1.165, 1.54) is 0 Å². The fraction of sp³-hybridized carbons (Fsp3) is 0.692. The van der Waals surface area contributed by atoms with E-state index in [1.54, 1.807) is 0 Å². The van der Waals surface area contributed by atoms with Crippen molar-refractivity contribution in [3.63, 3.8) is 0 Å². The Hall–Kier alpha value is -1.52. The Morgan fingerprint density at radius 3 is 2.17 bits per heavy atom. The zero-order valence-corrected chi connectivity index (χ0v) is 12.3. The minimum Gasteiger partial charge on any atom is -0.361 e. The summed E-state index contributed by atoms with van der Waals surface area (Å²) in [6.07, 6.45) is 1.74. The van der Waals surface area contributed by atoms with Crippen LogP contribution >= 0.6 is 0 Å². The maximum absolute atomic E-state index is 5.34. The maximum atomic E-state index is 5.34. The Kier molecular flexibility index (Phi) is 5.19. The molecule has 0 saturated carbocycles. The second-order valence-electron chi connectivity index (χ2n) is 4.64. The summed E-state index contributed by atoms with van der Waals surface area (Å²) in [4.78, 5) is 8.66. The molecule has 5 nitrogen and oxygen atoms in total. The molecule has 0 spiro atoms. The van der Waals surface area contributed by atoms with Crippen LogP contribution in [0.5, 0.6) is 0 Å². The minimum absolute atomic E-state index is 0.627. The van der Waals surface area contributed by atoms with Crippen molar-refractivity contribution in [2.45, 2.75) is 33.2 Å². The van der Waals surface area contributed by atoms with Crippen LogP contribution in [-0.4, -0.2) is 49.1 Å². The quantitative estimate of drug-likeness (QED) is 0.605. The van der Waals surface area contributed by atoms with E-state index in [0.29, 0.717) is 6.54 Å². The van der Waals surface area contributed by atoms with Crippen molar-refractivity contribution >= 4 is 5.96 Å². The molecule has 0 aliphatic heterocycles. The largest absolute Gasteiger partial charge is 0.361 e. The Balaban J connectivity index is 2.96. The lowest BCUT2D eigenvalue weighted by atomic mass is 10.1. The van der Waals surface area contributed by atoms with Gasteiger partial charge < -0.3 is 14.3 Å². The van der Waals surface area contributed by atoms with Gasteiger partial charge in [0.2, 0.25) is 0 Å². The van der Waals surface area contributed by atoms with Crippen LogP contribution in [0.25, 0.3) is 0 Å². The summed E-state index contributed by atoms with van der Waals surface area (Å²) in [5.41, 5.74) is 2.16. The highest BCUT2D eigenvalue weighted by Gasteiger charge is 2.13. The van der Waals surface area contributed by atoms with Gasteiger partial charge in [0.15, 0.2) is 5.96 Å². The number of hydrogen-bond acceptors (Lipinski definition) is 3. The van der Waals surface area contributed by atoms with Gasteiger partial charge >= 0.3 is 0 Å². The second-order valence-corrected chi connectivity index (χ2v) is 4.64. The summed E-state index contributed by atoms with van der Waals surface area (Å²) in [5, 5.41) is 4.10. The number of aliphatic imine (C=N–C) groups is 1. The van der Waals surface area contributed by atoms with E-state index < -0.39 is 0 Å². The molecule has 102 valence electrons. The van der Waals surface area contributed by atoms with Crippen molar-refractivity contribution in [3.05, 3.63) is 17.0 Å². The predicted octanol–water partition coefficient (Wildman–Crippen LogP) is 1.78. The molecule has 0 aliphatic rings. The van der Waals surface area contributed by atoms with E-state index in [9.17, 15) is 0 Å². The average Bonchev–Trinajstić information content (AvgIpc) is 2.70. The summed E-state index contributed by atoms with van der Waals surface area (Å²) in [6.45, 7) is 4.79. The van der Waals surface area contributed by atoms with Gasteiger partial charge in [0.25, 0.3) is 0 Å². The van der Waals surface area contributed by atoms with E-state index in [0.717, 1.165) is 35.8 Å². The molecule has 0 bridgehead atoms. The maximum Gasteiger partial charge on any atom is 0.195 e. The second kappa shape index (κ2) is 6.42. The molecule has 0 amide bonds. The zero-order chi connectivity index (χ0) is 13.7. The summed E-state index contributed by atoms with van der Waals surface area (Å²) >= 11 is 0. The van der Waals surface area contributed by atoms with Gasteiger partial charge in [-0.1, -0.05) is 19.0 Å². The molecule has 1 aromatic heterocycles. The van der Waals surface area contributed by atoms with Crippen molar-refractivity contribution in [1.29, 1.82) is 0 Å². The van der Waals surface area contributed by atoms with Gasteiger partial charge in [0.1, 0.15) is 5.76 Å². The van der Waals surface area contributed by atoms with Gasteiger partial charge in [0.05, 0.1) is 12.2 Å². The third-order valence-corrected chi connectivity index (χ3v) is 2.79. The molecule has 0 aromatic carbocycles. The van der Waals surface area contributed by atoms with Crippen LogP contribution in [0.4, 0.5) is 0 Å². The van der Waals surface area contributed by atoms with Gasteiger partial charge in [-0.3, -0.25) is 0 Å². The summed E-state index contributed by atoms with van der Waals surface area (Å²) < 4.78 is 5.34. The van der Waals surface area contributed by atoms with Gasteiger partial charge in [-0.15, -0.1) is 0 Å². The molecule has 1 rings (SSSR count). The average molecular weight is 252 g/mol. The van der Waals surface area contributed by atoms with Gasteiger partial charge in [-0.05, 0) is 6.42 Å². The fourth-order valence-corrected chi connectivity index (χ4v) is 1.95. The van der Waals surface area contributed by atoms with Crippen LogP contribution in [0.2, 0.25) is 0 Å². The van der Waals surface area contributed by atoms with E-state index in [4.69, 9.17) is 4.52 Å². The van der Waals surface area contributed by atoms with Crippen LogP contribution in [0.1, 0.15) is 30.9 Å². The molecule has 0 saturated heterocycles. The molecule has 1 aromatic rings. The molecule has 0 atom stereocenters. The first-order chi connectivity index (χ1) is 8.51. The van der Waals surface area contributed by atoms with Crippen LogP contribution in [0.15, 0.2) is 9.52 Å². The van der Waals surface area contributed by atoms with Crippen LogP contribution in [0, 0.1) is 0 Å². The lowest BCUT2D eigenvalue weighted by Crippen LogP contribution is -2.35. The molecule has 0 unspecified atom stereocenters. The summed E-state index contributed by atoms with van der Waals surface area (Å²) in [6, 6.07) is 0. The number of nitrogens with zero attached hydrogens (tertiary/aromatic N) is 4. The van der Waals surface area contributed by atoms with Crippen molar-refractivity contribution in [3.8, 4) is 0 Å². The van der Waals surface area contributed by atoms with E-state index in [1.807, 2.05) is 38.0 Å². The third kappa shape index (κ3) is 3.24. The zero-order valence-electron chi connectivity index (χ0n) is 12.3. The highest BCUT2D eigenvalue weighted by molar-refractivity contribution is 5.79. The Bertz CT molecular complexity index is 376. The Labute approximate surface area is 109 Å². The number of aryl methyl sites for hydroxylation is 2. The molecule has 0 N–H and O–H groups in total. The molecule has 18 heavy (non-hydrogen) atoms. The Morgan fingerprint density at radius 1 is 1.11 bits per heavy atom. The fourth-order valence-electron chi connectivity index (χ4n) is 1.95. The lowest BCUT2D eigenvalue weighted by Gasteiger charge is -2.22. The summed E-state index contributed by atoms with van der Waals surface area (Å²) in [5.74, 6) is 1.90. The van der Waals surface area contributed by atoms with Crippen LogP contribution in [0.3, 0.4) is 0 Å². The van der Waals surface area contributed by atoms with E-state index in [2.05, 4.69) is 24.0 Å². The van der Waals surface area contributed by atoms with E-state index >= 15 is 0 Å². The standard InChI is InChI=1S/C13H24N4O/c1-7-11-10(12(8-2)18-15-11)9-14-13(16(3)4)17(5)6/h7-9H2,1-6H3. The Morgan fingerprint density at radius 2 is 1.72 bits per heavy atom. The smallest absolute Gasteiger partial charge is 0.195 e. The van der Waals surface area contributed by atoms with Gasteiger partial charge in [-0.25, -0.2) is 4.99 Å². The SMILES string of the molecule is CCc1noc(CC)c1CN=C(N(C)C)N(C)C. The van der Waals surface area contributed by atoms with Crippen molar-refractivity contribution in [1.82, 2.24) is 15.0 Å². The summed E-state index contributed by atoms with van der Waals surface area (Å²) in [7, 11) is 7.98. The number of hydrogen-bond donors (Lipinski definition) is 0. The van der Waals surface area contributed by atoms with Crippen molar-refractivity contribution < 1.29 is 4.52 Å². The number of aromatic nitrogens is 1. The highest BCUT2D eigenvalue weighted by atomic mass is 16.5. The number of rotatable bonds is 4. The van der Waals surface area contributed by atoms with Gasteiger partial charge in [0, 0.05) is 40.2 Å². The normalized spacial score (nSPS) is 10.3. The van der Waals surface area contributed by atoms with E-state index in [-0.39, 0.29) is 0 Å². The monoisotopic (exact) mass is 252 g/mol. The molecule has 1 heterocycles.